The molecule has 0 fully saturated rings. The van der Waals surface area contributed by atoms with E-state index in [1.807, 2.05) is 20.8 Å². The van der Waals surface area contributed by atoms with Crippen LogP contribution in [0.1, 0.15) is 37.0 Å². The van der Waals surface area contributed by atoms with Crippen LogP contribution in [-0.4, -0.2) is 25.8 Å². The van der Waals surface area contributed by atoms with Crippen LogP contribution in [0.15, 0.2) is 22.4 Å². The van der Waals surface area contributed by atoms with Crippen molar-refractivity contribution in [3.8, 4) is 0 Å². The summed E-state index contributed by atoms with van der Waals surface area (Å²) < 4.78 is 1.41. The fourth-order valence-corrected chi connectivity index (χ4v) is 2.56. The van der Waals surface area contributed by atoms with Gasteiger partial charge in [0.05, 0.1) is 10.6 Å². The van der Waals surface area contributed by atoms with E-state index in [9.17, 15) is 4.79 Å². The highest BCUT2D eigenvalue weighted by molar-refractivity contribution is 7.99. The molecule has 0 saturated carbocycles. The largest absolute Gasteiger partial charge is 0.366 e. The van der Waals surface area contributed by atoms with E-state index in [2.05, 4.69) is 15.2 Å². The van der Waals surface area contributed by atoms with Crippen LogP contribution >= 0.6 is 23.4 Å². The second-order valence-corrected chi connectivity index (χ2v) is 6.77. The number of nitrogen functional groups attached to an aromatic ring is 1. The van der Waals surface area contributed by atoms with Crippen molar-refractivity contribution in [3.05, 3.63) is 28.7 Å². The monoisotopic (exact) mass is 326 g/mol. The molecule has 0 aliphatic heterocycles. The molecule has 0 aromatic carbocycles. The maximum Gasteiger partial charge on any atom is 0.250 e. The van der Waals surface area contributed by atoms with Gasteiger partial charge in [-0.2, -0.15) is 0 Å². The number of pyridine rings is 1. The highest BCUT2D eigenvalue weighted by atomic mass is 35.5. The zero-order valence-electron chi connectivity index (χ0n) is 11.8. The normalized spacial score (nSPS) is 11.6. The van der Waals surface area contributed by atoms with E-state index in [0.717, 1.165) is 0 Å². The molecule has 0 unspecified atom stereocenters. The zero-order chi connectivity index (χ0) is 15.8. The molecule has 0 bridgehead atoms. The van der Waals surface area contributed by atoms with Gasteiger partial charge in [0, 0.05) is 11.6 Å². The third-order valence-corrected chi connectivity index (χ3v) is 4.00. The van der Waals surface area contributed by atoms with Crippen molar-refractivity contribution in [1.82, 2.24) is 19.9 Å². The van der Waals surface area contributed by atoms with Crippen molar-refractivity contribution < 1.29 is 4.79 Å². The molecule has 0 radical (unpaired) electrons. The molecule has 1 amide bonds. The van der Waals surface area contributed by atoms with Gasteiger partial charge in [-0.25, -0.2) is 9.66 Å². The predicted molar refractivity (Wildman–Crippen MR) is 80.8 cm³/mol. The first-order chi connectivity index (χ1) is 9.70. The van der Waals surface area contributed by atoms with Crippen LogP contribution in [0.2, 0.25) is 5.02 Å². The van der Waals surface area contributed by atoms with Crippen LogP contribution in [0.25, 0.3) is 0 Å². The number of halogens is 1. The predicted octanol–water partition coefficient (Wildman–Crippen LogP) is 1.59. The number of rotatable bonds is 3. The Kier molecular flexibility index (Phi) is 4.11. The molecule has 21 heavy (non-hydrogen) atoms. The van der Waals surface area contributed by atoms with Gasteiger partial charge in [-0.3, -0.25) is 4.79 Å². The van der Waals surface area contributed by atoms with Crippen LogP contribution in [0, 0.1) is 0 Å². The molecule has 2 rings (SSSR count). The van der Waals surface area contributed by atoms with Gasteiger partial charge in [-0.15, -0.1) is 10.2 Å². The number of nitrogens with zero attached hydrogens (tertiary/aromatic N) is 4. The lowest BCUT2D eigenvalue weighted by Crippen LogP contribution is -2.24. The molecular weight excluding hydrogens is 312 g/mol. The standard InChI is InChI=1S/C12H15ClN6OS/c1-12(2,3)10-17-18-11(19(10)15)21-9-7(13)4-6(5-16-9)8(14)20/h4-5H,15H2,1-3H3,(H2,14,20). The van der Waals surface area contributed by atoms with Gasteiger partial charge < -0.3 is 11.6 Å². The average molecular weight is 327 g/mol. The molecule has 7 nitrogen and oxygen atoms in total. The fourth-order valence-electron chi connectivity index (χ4n) is 1.58. The molecule has 2 aromatic heterocycles. The van der Waals surface area contributed by atoms with Crippen molar-refractivity contribution >= 4 is 29.3 Å². The minimum Gasteiger partial charge on any atom is -0.366 e. The second-order valence-electron chi connectivity index (χ2n) is 5.40. The van der Waals surface area contributed by atoms with E-state index in [-0.39, 0.29) is 11.0 Å². The summed E-state index contributed by atoms with van der Waals surface area (Å²) in [7, 11) is 0. The summed E-state index contributed by atoms with van der Waals surface area (Å²) in [5.41, 5.74) is 5.19. The Balaban J connectivity index is 2.31. The summed E-state index contributed by atoms with van der Waals surface area (Å²) >= 11 is 7.25. The SMILES string of the molecule is CC(C)(C)c1nnc(Sc2ncc(C(N)=O)cc2Cl)n1N. The minimum atomic E-state index is -0.585. The van der Waals surface area contributed by atoms with Gasteiger partial charge in [0.25, 0.3) is 0 Å². The molecule has 0 saturated heterocycles. The fraction of sp³-hybridized carbons (Fsp3) is 0.333. The smallest absolute Gasteiger partial charge is 0.250 e. The molecule has 0 aliphatic carbocycles. The Morgan fingerprint density at radius 1 is 1.38 bits per heavy atom. The third kappa shape index (κ3) is 3.27. The summed E-state index contributed by atoms with van der Waals surface area (Å²) in [6.07, 6.45) is 1.36. The summed E-state index contributed by atoms with van der Waals surface area (Å²) in [6.45, 7) is 5.96. The topological polar surface area (TPSA) is 113 Å². The molecule has 2 heterocycles. The first-order valence-corrected chi connectivity index (χ1v) is 7.23. The lowest BCUT2D eigenvalue weighted by Gasteiger charge is -2.16. The van der Waals surface area contributed by atoms with E-state index in [1.165, 1.54) is 28.7 Å². The number of carbonyl (C=O) groups is 1. The van der Waals surface area contributed by atoms with Crippen molar-refractivity contribution in [1.29, 1.82) is 0 Å². The molecule has 0 spiro atoms. The Morgan fingerprint density at radius 2 is 2.05 bits per heavy atom. The van der Waals surface area contributed by atoms with Crippen LogP contribution in [0.3, 0.4) is 0 Å². The Hall–Kier alpha value is -1.80. The summed E-state index contributed by atoms with van der Waals surface area (Å²) in [6, 6.07) is 1.46. The van der Waals surface area contributed by atoms with Crippen molar-refractivity contribution in [2.45, 2.75) is 36.4 Å². The number of amides is 1. The first kappa shape index (κ1) is 15.6. The lowest BCUT2D eigenvalue weighted by atomic mass is 9.96. The van der Waals surface area contributed by atoms with Crippen molar-refractivity contribution in [3.63, 3.8) is 0 Å². The molecule has 112 valence electrons. The maximum absolute atomic E-state index is 11.1. The van der Waals surface area contributed by atoms with Crippen LogP contribution in [0.4, 0.5) is 0 Å². The Bertz CT molecular complexity index is 694. The van der Waals surface area contributed by atoms with E-state index in [4.69, 9.17) is 23.2 Å². The van der Waals surface area contributed by atoms with E-state index in [0.29, 0.717) is 21.0 Å². The third-order valence-electron chi connectivity index (χ3n) is 2.62. The molecule has 0 atom stereocenters. The summed E-state index contributed by atoms with van der Waals surface area (Å²) in [5, 5.41) is 9.35. The van der Waals surface area contributed by atoms with Crippen molar-refractivity contribution in [2.24, 2.45) is 5.73 Å². The average Bonchev–Trinajstić information content (AvgIpc) is 2.73. The minimum absolute atomic E-state index is 0.229. The van der Waals surface area contributed by atoms with Crippen molar-refractivity contribution in [2.75, 3.05) is 5.84 Å². The number of primary amides is 1. The van der Waals surface area contributed by atoms with Crippen LogP contribution in [-0.2, 0) is 5.41 Å². The van der Waals surface area contributed by atoms with Gasteiger partial charge in [0.2, 0.25) is 11.1 Å². The number of aromatic nitrogens is 4. The van der Waals surface area contributed by atoms with Gasteiger partial charge in [0.15, 0.2) is 5.82 Å². The lowest BCUT2D eigenvalue weighted by molar-refractivity contribution is 0.1000. The number of nitrogens with two attached hydrogens (primary N) is 2. The van der Waals surface area contributed by atoms with E-state index < -0.39 is 5.91 Å². The number of carbonyl (C=O) groups excluding carboxylic acids is 1. The van der Waals surface area contributed by atoms with Crippen LogP contribution < -0.4 is 11.6 Å². The first-order valence-electron chi connectivity index (χ1n) is 6.04. The maximum atomic E-state index is 11.1. The van der Waals surface area contributed by atoms with Gasteiger partial charge in [0.1, 0.15) is 5.03 Å². The van der Waals surface area contributed by atoms with Gasteiger partial charge in [-0.05, 0) is 17.8 Å². The summed E-state index contributed by atoms with van der Waals surface area (Å²) in [4.78, 5) is 15.2. The van der Waals surface area contributed by atoms with Gasteiger partial charge >= 0.3 is 0 Å². The summed E-state index contributed by atoms with van der Waals surface area (Å²) in [5.74, 6) is 6.05. The molecule has 0 aliphatic rings. The Labute approximate surface area is 131 Å². The number of hydrogen-bond donors (Lipinski definition) is 2. The van der Waals surface area contributed by atoms with Crippen LogP contribution in [0.5, 0.6) is 0 Å². The molecule has 4 N–H and O–H groups in total. The Morgan fingerprint density at radius 3 is 2.52 bits per heavy atom. The highest BCUT2D eigenvalue weighted by Crippen LogP contribution is 2.31. The second kappa shape index (κ2) is 5.53. The molecular formula is C12H15ClN6OS. The molecule has 9 heteroatoms. The number of hydrogen-bond acceptors (Lipinski definition) is 6. The van der Waals surface area contributed by atoms with Gasteiger partial charge in [-0.1, -0.05) is 32.4 Å². The highest BCUT2D eigenvalue weighted by Gasteiger charge is 2.23. The zero-order valence-corrected chi connectivity index (χ0v) is 13.4. The van der Waals surface area contributed by atoms with E-state index in [1.54, 1.807) is 0 Å². The quantitative estimate of drug-likeness (QED) is 0.828. The molecule has 2 aromatic rings. The van der Waals surface area contributed by atoms with E-state index >= 15 is 0 Å².